The number of para-hydroxylation sites is 1. The summed E-state index contributed by atoms with van der Waals surface area (Å²) in [4.78, 5) is 24.1. The number of carboxylic acids is 1. The summed E-state index contributed by atoms with van der Waals surface area (Å²) in [5.41, 5.74) is 8.09. The smallest absolute Gasteiger partial charge is 0.303 e. The van der Waals surface area contributed by atoms with Gasteiger partial charge in [0.15, 0.2) is 5.78 Å². The highest BCUT2D eigenvalue weighted by Crippen LogP contribution is 2.27. The van der Waals surface area contributed by atoms with Crippen molar-refractivity contribution in [1.82, 2.24) is 0 Å². The zero-order valence-corrected chi connectivity index (χ0v) is 20.8. The van der Waals surface area contributed by atoms with Crippen molar-refractivity contribution >= 4 is 11.8 Å². The maximum absolute atomic E-state index is 13.0. The van der Waals surface area contributed by atoms with Crippen LogP contribution in [-0.4, -0.2) is 30.1 Å². The highest BCUT2D eigenvalue weighted by atomic mass is 16.5. The number of nitrogens with two attached hydrogens (primary N) is 1. The van der Waals surface area contributed by atoms with E-state index in [2.05, 4.69) is 0 Å². The summed E-state index contributed by atoms with van der Waals surface area (Å²) in [7, 11) is 0. The van der Waals surface area contributed by atoms with E-state index in [1.165, 1.54) is 0 Å². The van der Waals surface area contributed by atoms with Gasteiger partial charge in [-0.05, 0) is 66.1 Å². The first-order valence-corrected chi connectivity index (χ1v) is 12.3. The van der Waals surface area contributed by atoms with Crippen LogP contribution in [0, 0.1) is 0 Å². The minimum Gasteiger partial charge on any atom is -0.490 e. The van der Waals surface area contributed by atoms with Crippen LogP contribution in [0.5, 0.6) is 23.0 Å². The Bertz CT molecular complexity index is 1340. The number of hydrogen-bond acceptors (Lipinski definition) is 6. The van der Waals surface area contributed by atoms with Crippen LogP contribution >= 0.6 is 0 Å². The van der Waals surface area contributed by atoms with Gasteiger partial charge in [0.25, 0.3) is 0 Å². The molecule has 0 saturated carbocycles. The van der Waals surface area contributed by atoms with E-state index in [1.807, 2.05) is 60.7 Å². The third-order valence-corrected chi connectivity index (χ3v) is 5.82. The molecule has 0 aromatic heterocycles. The van der Waals surface area contributed by atoms with Crippen molar-refractivity contribution in [2.75, 3.05) is 13.2 Å². The van der Waals surface area contributed by atoms with Gasteiger partial charge in [-0.1, -0.05) is 54.6 Å². The molecule has 0 amide bonds. The van der Waals surface area contributed by atoms with Gasteiger partial charge in [0.1, 0.15) is 36.2 Å². The topological polar surface area (TPSA) is 108 Å². The molecule has 7 nitrogen and oxygen atoms in total. The predicted octanol–water partition coefficient (Wildman–Crippen LogP) is 5.84. The highest BCUT2D eigenvalue weighted by molar-refractivity contribution is 6.00. The second kappa shape index (κ2) is 13.1. The number of aryl methyl sites for hydroxylation is 1. The van der Waals surface area contributed by atoms with Crippen LogP contribution < -0.4 is 19.9 Å². The molecule has 194 valence electrons. The fourth-order valence-corrected chi connectivity index (χ4v) is 3.89. The average Bonchev–Trinajstić information content (AvgIpc) is 2.95. The van der Waals surface area contributed by atoms with E-state index in [0.29, 0.717) is 40.5 Å². The van der Waals surface area contributed by atoms with Gasteiger partial charge in [-0.15, -0.1) is 0 Å². The fourth-order valence-electron chi connectivity index (χ4n) is 3.89. The van der Waals surface area contributed by atoms with Crippen LogP contribution in [0.3, 0.4) is 0 Å². The molecule has 0 aliphatic rings. The molecule has 1 atom stereocenters. The van der Waals surface area contributed by atoms with Crippen molar-refractivity contribution in [3.05, 3.63) is 120 Å². The quantitative estimate of drug-likeness (QED) is 0.172. The number of carbonyl (C=O) groups is 2. The molecular weight excluding hydrogens is 482 g/mol. The molecule has 7 heteroatoms. The van der Waals surface area contributed by atoms with Crippen molar-refractivity contribution < 1.29 is 28.9 Å². The van der Waals surface area contributed by atoms with Gasteiger partial charge < -0.3 is 25.1 Å². The first kappa shape index (κ1) is 26.4. The second-order valence-electron chi connectivity index (χ2n) is 8.55. The van der Waals surface area contributed by atoms with Crippen molar-refractivity contribution in [3.63, 3.8) is 0 Å². The molecule has 0 heterocycles. The Morgan fingerprint density at radius 3 is 1.92 bits per heavy atom. The van der Waals surface area contributed by atoms with E-state index in [9.17, 15) is 9.59 Å². The molecule has 0 saturated heterocycles. The molecule has 38 heavy (non-hydrogen) atoms. The summed E-state index contributed by atoms with van der Waals surface area (Å²) in [6.07, 6.45) is 0.191. The Morgan fingerprint density at radius 2 is 1.26 bits per heavy atom. The SMILES string of the molecule is NC(C(=O)c1ccccc1)c1cc(OCCOc2ccc(Oc3ccccc3)cc2)ccc1CCC(=O)O. The first-order chi connectivity index (χ1) is 18.5. The van der Waals surface area contributed by atoms with Gasteiger partial charge in [0.05, 0.1) is 6.04 Å². The molecule has 4 aromatic rings. The maximum atomic E-state index is 13.0. The molecule has 1 unspecified atom stereocenters. The summed E-state index contributed by atoms with van der Waals surface area (Å²) in [5, 5.41) is 9.12. The molecule has 4 rings (SSSR count). The highest BCUT2D eigenvalue weighted by Gasteiger charge is 2.21. The Balaban J connectivity index is 1.36. The lowest BCUT2D eigenvalue weighted by molar-refractivity contribution is -0.136. The Labute approximate surface area is 221 Å². The molecular formula is C31H29NO6. The van der Waals surface area contributed by atoms with Crippen molar-refractivity contribution in [2.45, 2.75) is 18.9 Å². The van der Waals surface area contributed by atoms with E-state index < -0.39 is 12.0 Å². The van der Waals surface area contributed by atoms with Gasteiger partial charge in [-0.3, -0.25) is 9.59 Å². The Kier molecular flexibility index (Phi) is 9.10. The van der Waals surface area contributed by atoms with Gasteiger partial charge in [0, 0.05) is 12.0 Å². The lowest BCUT2D eigenvalue weighted by Crippen LogP contribution is -2.23. The minimum atomic E-state index is -0.947. The van der Waals surface area contributed by atoms with E-state index in [1.54, 1.807) is 42.5 Å². The summed E-state index contributed by atoms with van der Waals surface area (Å²) < 4.78 is 17.4. The zero-order valence-electron chi connectivity index (χ0n) is 20.8. The maximum Gasteiger partial charge on any atom is 0.303 e. The lowest BCUT2D eigenvalue weighted by atomic mass is 9.92. The summed E-state index contributed by atoms with van der Waals surface area (Å²) in [6, 6.07) is 29.9. The normalized spacial score (nSPS) is 11.4. The largest absolute Gasteiger partial charge is 0.490 e. The number of ketones is 1. The van der Waals surface area contributed by atoms with Crippen LogP contribution in [-0.2, 0) is 11.2 Å². The van der Waals surface area contributed by atoms with Crippen molar-refractivity contribution in [3.8, 4) is 23.0 Å². The molecule has 0 radical (unpaired) electrons. The van der Waals surface area contributed by atoms with Crippen LogP contribution in [0.2, 0.25) is 0 Å². The molecule has 0 spiro atoms. The molecule has 0 fully saturated rings. The second-order valence-corrected chi connectivity index (χ2v) is 8.55. The van der Waals surface area contributed by atoms with Gasteiger partial charge in [-0.25, -0.2) is 0 Å². The fraction of sp³-hybridized carbons (Fsp3) is 0.161. The van der Waals surface area contributed by atoms with Gasteiger partial charge in [0.2, 0.25) is 0 Å². The third-order valence-electron chi connectivity index (χ3n) is 5.82. The Hall–Kier alpha value is -4.62. The summed E-state index contributed by atoms with van der Waals surface area (Å²) in [6.45, 7) is 0.558. The van der Waals surface area contributed by atoms with Crippen molar-refractivity contribution in [2.24, 2.45) is 5.73 Å². The monoisotopic (exact) mass is 511 g/mol. The summed E-state index contributed by atoms with van der Waals surface area (Å²) >= 11 is 0. The van der Waals surface area contributed by atoms with Gasteiger partial charge >= 0.3 is 5.97 Å². The standard InChI is InChI=1S/C31H29NO6/c32-30(31(35)23-7-3-1-4-8-23)28-21-27(13-11-22(28)12-18-29(33)34)37-20-19-36-24-14-16-26(17-15-24)38-25-9-5-2-6-10-25/h1-11,13-17,21,30H,12,18-20,32H2,(H,33,34). The number of Topliss-reactive ketones (excluding diaryl/α,β-unsaturated/α-hetero) is 1. The number of benzene rings is 4. The number of carboxylic acid groups (broad SMARTS) is 1. The lowest BCUT2D eigenvalue weighted by Gasteiger charge is -2.18. The number of ether oxygens (including phenoxy) is 3. The third kappa shape index (κ3) is 7.44. The Morgan fingerprint density at radius 1 is 0.711 bits per heavy atom. The molecule has 4 aromatic carbocycles. The number of carbonyl (C=O) groups excluding carboxylic acids is 1. The van der Waals surface area contributed by atoms with Crippen LogP contribution in [0.15, 0.2) is 103 Å². The van der Waals surface area contributed by atoms with Gasteiger partial charge in [-0.2, -0.15) is 0 Å². The first-order valence-electron chi connectivity index (χ1n) is 12.3. The molecule has 0 bridgehead atoms. The van der Waals surface area contributed by atoms with Crippen LogP contribution in [0.1, 0.15) is 33.9 Å². The number of aliphatic carboxylic acids is 1. The molecule has 3 N–H and O–H groups in total. The number of rotatable bonds is 13. The number of hydrogen-bond donors (Lipinski definition) is 2. The molecule has 0 aliphatic carbocycles. The minimum absolute atomic E-state index is 0.0670. The van der Waals surface area contributed by atoms with E-state index in [-0.39, 0.29) is 25.2 Å². The molecule has 0 aliphatic heterocycles. The van der Waals surface area contributed by atoms with E-state index in [0.717, 1.165) is 5.75 Å². The predicted molar refractivity (Wildman–Crippen MR) is 144 cm³/mol. The van der Waals surface area contributed by atoms with Crippen LogP contribution in [0.4, 0.5) is 0 Å². The zero-order chi connectivity index (χ0) is 26.7. The van der Waals surface area contributed by atoms with E-state index in [4.69, 9.17) is 25.1 Å². The van der Waals surface area contributed by atoms with E-state index >= 15 is 0 Å². The average molecular weight is 512 g/mol. The summed E-state index contributed by atoms with van der Waals surface area (Å²) in [5.74, 6) is 1.49. The van der Waals surface area contributed by atoms with Crippen LogP contribution in [0.25, 0.3) is 0 Å². The van der Waals surface area contributed by atoms with Crippen molar-refractivity contribution in [1.29, 1.82) is 0 Å².